The molecular weight excluding hydrogens is 399 g/mol. The second-order valence-corrected chi connectivity index (χ2v) is 6.60. The normalized spacial score (nSPS) is 26.0. The number of ketones is 1. The lowest BCUT2D eigenvalue weighted by Gasteiger charge is -2.12. The third-order valence-corrected chi connectivity index (χ3v) is 4.09. The summed E-state index contributed by atoms with van der Waals surface area (Å²) in [6.45, 7) is 0. The number of Topliss-reactive ketones (excluding diaryl/α,β-unsaturated/α-hetero) is 1. The molecule has 28 heavy (non-hydrogen) atoms. The molecule has 0 unspecified atom stereocenters. The maximum absolute atomic E-state index is 13.3. The summed E-state index contributed by atoms with van der Waals surface area (Å²) in [5.74, 6) is -6.50. The maximum Gasteiger partial charge on any atom is 0.416 e. The van der Waals surface area contributed by atoms with E-state index in [0.717, 1.165) is 0 Å². The molecule has 0 spiro atoms. The second kappa shape index (κ2) is 7.19. The van der Waals surface area contributed by atoms with E-state index in [4.69, 9.17) is 21.3 Å². The number of benzene rings is 2. The average Bonchev–Trinajstić information content (AvgIpc) is 3.08. The molecular formula is C18H14F3NO5S. The zero-order valence-corrected chi connectivity index (χ0v) is 14.1. The summed E-state index contributed by atoms with van der Waals surface area (Å²) >= 11 is 0. The highest BCUT2D eigenvalue weighted by Crippen LogP contribution is 2.35. The number of alkyl halides is 3. The van der Waals surface area contributed by atoms with Crippen molar-refractivity contribution < 1.29 is 51.8 Å². The fourth-order valence-electron chi connectivity index (χ4n) is 1.88. The number of hydrogen-bond donors (Lipinski definition) is 1. The average molecular weight is 425 g/mol. The molecule has 0 radical (unpaired) electrons. The zero-order valence-electron chi connectivity index (χ0n) is 25.2. The van der Waals surface area contributed by atoms with Gasteiger partial charge in [0, 0.05) is 5.56 Å². The summed E-state index contributed by atoms with van der Waals surface area (Å²) in [6, 6.07) is -11.1. The molecule has 3 rings (SSSR count). The van der Waals surface area contributed by atoms with Crippen molar-refractivity contribution in [2.45, 2.75) is 18.0 Å². The SMILES string of the molecule is [2H]c1c([2H])c([2H])c(CS(=O)(=O)OC2=C(N([2H])[2H])O[C@]([2H])(c3c([2H])c([2H])c(C(F)(F)F)c([2H])c3[2H])C2=O)c([2H])c1[2H]. The Morgan fingerprint density at radius 2 is 1.82 bits per heavy atom. The highest BCUT2D eigenvalue weighted by atomic mass is 32.2. The van der Waals surface area contributed by atoms with E-state index in [-0.39, 0.29) is 0 Å². The maximum atomic E-state index is 13.3. The van der Waals surface area contributed by atoms with Gasteiger partial charge in [-0.2, -0.15) is 21.6 Å². The first-order valence-corrected chi connectivity index (χ1v) is 8.58. The fraction of sp³-hybridized carbons (Fsp3) is 0.167. The number of carbonyl (C=O) groups is 1. The molecule has 2 aromatic carbocycles. The Hall–Kier alpha value is -3.01. The predicted octanol–water partition coefficient (Wildman–Crippen LogP) is 3.02. The van der Waals surface area contributed by atoms with Gasteiger partial charge in [-0.25, -0.2) is 0 Å². The molecule has 2 N–H and O–H groups in total. The standard InChI is InChI=1S/C18H14F3NO5S/c19-18(20,21)13-8-6-12(7-9-13)15-14(23)16(17(22)26-15)27-28(24,25)10-11-4-2-1-3-5-11/h1-9,15H,10,22H2/t15-/m1/s1/i1D,2D,3D,4D,5D,6D,7D,8D,9D,15D/hD2. The first-order chi connectivity index (χ1) is 18.1. The minimum Gasteiger partial charge on any atom is -0.460 e. The van der Waals surface area contributed by atoms with Gasteiger partial charge < -0.3 is 14.6 Å². The summed E-state index contributed by atoms with van der Waals surface area (Å²) in [5.41, 5.74) is -4.84. The Morgan fingerprint density at radius 3 is 2.39 bits per heavy atom. The van der Waals surface area contributed by atoms with Crippen molar-refractivity contribution >= 4 is 15.9 Å². The van der Waals surface area contributed by atoms with Gasteiger partial charge in [-0.1, -0.05) is 42.3 Å². The Morgan fingerprint density at radius 1 is 1.18 bits per heavy atom. The second-order valence-electron chi connectivity index (χ2n) is 5.03. The molecule has 0 aliphatic carbocycles. The molecule has 1 heterocycles. The lowest BCUT2D eigenvalue weighted by Crippen LogP contribution is -2.16. The fourth-order valence-corrected chi connectivity index (χ4v) is 2.83. The van der Waals surface area contributed by atoms with Gasteiger partial charge >= 0.3 is 16.3 Å². The highest BCUT2D eigenvalue weighted by Gasteiger charge is 2.40. The molecule has 1 aliphatic heterocycles. The van der Waals surface area contributed by atoms with E-state index in [0.29, 0.717) is 0 Å². The van der Waals surface area contributed by atoms with E-state index < -0.39 is 122 Å². The number of nitrogens with two attached hydrogens (primary N) is 1. The number of rotatable bonds is 6. The van der Waals surface area contributed by atoms with Gasteiger partial charge in [-0.3, -0.25) is 4.79 Å². The van der Waals surface area contributed by atoms with Crippen LogP contribution in [0.1, 0.15) is 36.5 Å². The number of ether oxygens (including phenoxy) is 1. The Kier molecular flexibility index (Phi) is 2.43. The summed E-state index contributed by atoms with van der Waals surface area (Å²) < 4.78 is 167. The predicted molar refractivity (Wildman–Crippen MR) is 91.6 cm³/mol. The van der Waals surface area contributed by atoms with Crippen molar-refractivity contribution in [3.05, 3.63) is 82.7 Å². The topological polar surface area (TPSA) is 95.7 Å². The van der Waals surface area contributed by atoms with Gasteiger partial charge in [0.05, 0.1) is 19.3 Å². The summed E-state index contributed by atoms with van der Waals surface area (Å²) in [5, 5.41) is 0. The number of hydrogen-bond acceptors (Lipinski definition) is 6. The molecule has 1 atom stereocenters. The van der Waals surface area contributed by atoms with E-state index >= 15 is 0 Å². The smallest absolute Gasteiger partial charge is 0.416 e. The van der Waals surface area contributed by atoms with Crippen molar-refractivity contribution in [1.29, 1.82) is 0 Å². The molecule has 0 fully saturated rings. The quantitative estimate of drug-likeness (QED) is 0.715. The van der Waals surface area contributed by atoms with Gasteiger partial charge in [0.15, 0.2) is 8.90 Å². The van der Waals surface area contributed by atoms with Crippen molar-refractivity contribution in [3.63, 3.8) is 0 Å². The summed E-state index contributed by atoms with van der Waals surface area (Å²) in [6.07, 6.45) is -8.95. The van der Waals surface area contributed by atoms with Crippen LogP contribution >= 0.6 is 0 Å². The molecule has 10 heteroatoms. The molecule has 0 amide bonds. The molecule has 6 nitrogen and oxygen atoms in total. The molecule has 148 valence electrons. The largest absolute Gasteiger partial charge is 0.460 e. The van der Waals surface area contributed by atoms with Crippen LogP contribution in [0.25, 0.3) is 0 Å². The molecule has 0 bridgehead atoms. The van der Waals surface area contributed by atoms with Crippen LogP contribution in [-0.2, 0) is 35.8 Å². The molecule has 0 saturated carbocycles. The van der Waals surface area contributed by atoms with Gasteiger partial charge in [0.1, 0.15) is 5.75 Å². The van der Waals surface area contributed by atoms with Gasteiger partial charge in [0.25, 0.3) is 0 Å². The zero-order chi connectivity index (χ0) is 30.9. The Bertz CT molecular complexity index is 1540. The third kappa shape index (κ3) is 4.28. The van der Waals surface area contributed by atoms with Gasteiger partial charge in [-0.15, -0.1) is 0 Å². The van der Waals surface area contributed by atoms with Crippen molar-refractivity contribution in [3.8, 4) is 0 Å². The van der Waals surface area contributed by atoms with Crippen molar-refractivity contribution in [2.24, 2.45) is 5.72 Å². The van der Waals surface area contributed by atoms with Crippen LogP contribution in [0.5, 0.6) is 0 Å². The van der Waals surface area contributed by atoms with E-state index in [1.165, 1.54) is 0 Å². The van der Waals surface area contributed by atoms with Gasteiger partial charge in [0.2, 0.25) is 17.4 Å². The lowest BCUT2D eigenvalue weighted by molar-refractivity contribution is -0.137. The Labute approximate surface area is 175 Å². The number of halogens is 3. The first-order valence-electron chi connectivity index (χ1n) is 12.9. The molecule has 2 aromatic rings. The van der Waals surface area contributed by atoms with Crippen LogP contribution in [0.3, 0.4) is 0 Å². The van der Waals surface area contributed by atoms with E-state index in [1.54, 1.807) is 0 Å². The van der Waals surface area contributed by atoms with Crippen LogP contribution < -0.4 is 5.72 Å². The van der Waals surface area contributed by atoms with Crippen LogP contribution in [0.15, 0.2) is 66.0 Å². The van der Waals surface area contributed by atoms with E-state index in [1.807, 2.05) is 0 Å². The van der Waals surface area contributed by atoms with Crippen LogP contribution in [0, 0.1) is 0 Å². The van der Waals surface area contributed by atoms with Crippen LogP contribution in [-0.4, -0.2) is 14.2 Å². The summed E-state index contributed by atoms with van der Waals surface area (Å²) in [7, 11) is -5.22. The number of carbonyl (C=O) groups excluding carboxylic acids is 1. The van der Waals surface area contributed by atoms with Crippen LogP contribution in [0.4, 0.5) is 13.2 Å². The minimum absolute atomic E-state index is 0.579. The summed E-state index contributed by atoms with van der Waals surface area (Å²) in [4.78, 5) is 13.1. The molecule has 1 aliphatic rings. The van der Waals surface area contributed by atoms with Crippen LogP contribution in [0.2, 0.25) is 2.82 Å². The minimum atomic E-state index is -5.39. The van der Waals surface area contributed by atoms with E-state index in [2.05, 4.69) is 4.18 Å². The first kappa shape index (κ1) is 9.46. The van der Waals surface area contributed by atoms with E-state index in [9.17, 15) is 26.4 Å². The monoisotopic (exact) mass is 425 g/mol. The van der Waals surface area contributed by atoms with Gasteiger partial charge in [-0.05, 0) is 17.6 Å². The third-order valence-electron chi connectivity index (χ3n) is 3.02. The lowest BCUT2D eigenvalue weighted by atomic mass is 10.0. The highest BCUT2D eigenvalue weighted by molar-refractivity contribution is 7.86. The van der Waals surface area contributed by atoms with Crippen molar-refractivity contribution in [2.75, 3.05) is 0 Å². The molecule has 0 saturated heterocycles. The van der Waals surface area contributed by atoms with Crippen molar-refractivity contribution in [1.82, 2.24) is 0 Å². The molecule has 0 aromatic heterocycles. The Balaban J connectivity index is 2.13.